The summed E-state index contributed by atoms with van der Waals surface area (Å²) in [5.74, 6) is 0. The van der Waals surface area contributed by atoms with Gasteiger partial charge in [0, 0.05) is 23.7 Å². The maximum absolute atomic E-state index is 4.81. The summed E-state index contributed by atoms with van der Waals surface area (Å²) in [6.07, 6.45) is 6.30. The Morgan fingerprint density at radius 2 is 2.57 bits per heavy atom. The average Bonchev–Trinajstić information content (AvgIpc) is 1.69. The van der Waals surface area contributed by atoms with E-state index in [2.05, 4.69) is 4.99 Å². The molecule has 0 aliphatic carbocycles. The molecule has 0 N–H and O–H groups in total. The predicted molar refractivity (Wildman–Crippen MR) is 34.8 cm³/mol. The van der Waals surface area contributed by atoms with Crippen molar-refractivity contribution in [1.29, 1.82) is 0 Å². The summed E-state index contributed by atoms with van der Waals surface area (Å²) in [6.45, 7) is 0. The summed E-state index contributed by atoms with van der Waals surface area (Å²) in [5.41, 5.74) is 0. The highest BCUT2D eigenvalue weighted by Gasteiger charge is 1.88. The van der Waals surface area contributed by atoms with Crippen LogP contribution in [0.4, 0.5) is 0 Å². The molecular formula is C5H5NS. The smallest absolute Gasteiger partial charge is 0.0410 e. The summed E-state index contributed by atoms with van der Waals surface area (Å²) in [5, 5.41) is 0. The Balaban J connectivity index is 2.66. The molecule has 1 heterocycles. The Morgan fingerprint density at radius 1 is 1.71 bits per heavy atom. The first-order chi connectivity index (χ1) is 3.39. The first-order valence-electron chi connectivity index (χ1n) is 2.10. The first kappa shape index (κ1) is 4.65. The van der Waals surface area contributed by atoms with Crippen molar-refractivity contribution in [3.63, 3.8) is 0 Å². The zero-order chi connectivity index (χ0) is 5.11. The van der Waals surface area contributed by atoms with Crippen LogP contribution in [0.3, 0.4) is 0 Å². The van der Waals surface area contributed by atoms with Crippen molar-refractivity contribution in [2.75, 3.05) is 0 Å². The third-order valence-electron chi connectivity index (χ3n) is 0.729. The Kier molecular flexibility index (Phi) is 1.32. The molecule has 1 nitrogen and oxygen atoms in total. The van der Waals surface area contributed by atoms with Crippen LogP contribution in [0.15, 0.2) is 17.3 Å². The molecule has 1 aliphatic heterocycles. The highest BCUT2D eigenvalue weighted by Crippen LogP contribution is 1.92. The lowest BCUT2D eigenvalue weighted by atomic mass is 10.3. The van der Waals surface area contributed by atoms with E-state index in [-0.39, 0.29) is 0 Å². The van der Waals surface area contributed by atoms with Crippen molar-refractivity contribution < 1.29 is 0 Å². The monoisotopic (exact) mass is 111 g/mol. The molecule has 0 spiro atoms. The number of allylic oxidation sites excluding steroid dienone is 1. The van der Waals surface area contributed by atoms with Crippen molar-refractivity contribution in [2.24, 2.45) is 4.99 Å². The molecule has 0 aromatic carbocycles. The maximum atomic E-state index is 4.81. The van der Waals surface area contributed by atoms with Gasteiger partial charge in [-0.15, -0.1) is 0 Å². The number of hydrogen-bond acceptors (Lipinski definition) is 2. The van der Waals surface area contributed by atoms with Crippen molar-refractivity contribution in [2.45, 2.75) is 6.42 Å². The lowest BCUT2D eigenvalue weighted by Crippen LogP contribution is -1.94. The second kappa shape index (κ2) is 1.98. The van der Waals surface area contributed by atoms with Gasteiger partial charge in [0.1, 0.15) is 0 Å². The van der Waals surface area contributed by atoms with Crippen LogP contribution >= 0.6 is 12.2 Å². The van der Waals surface area contributed by atoms with Crippen LogP contribution in [0.25, 0.3) is 0 Å². The van der Waals surface area contributed by atoms with E-state index in [0.717, 1.165) is 11.3 Å². The quantitative estimate of drug-likeness (QED) is 0.430. The Hall–Kier alpha value is -0.500. The zero-order valence-corrected chi connectivity index (χ0v) is 4.61. The number of aliphatic imine (C=N–C) groups is 1. The van der Waals surface area contributed by atoms with Gasteiger partial charge in [0.15, 0.2) is 0 Å². The van der Waals surface area contributed by atoms with Gasteiger partial charge < -0.3 is 0 Å². The normalized spacial score (nSPS) is 18.0. The zero-order valence-electron chi connectivity index (χ0n) is 3.79. The van der Waals surface area contributed by atoms with Crippen LogP contribution < -0.4 is 0 Å². The molecule has 7 heavy (non-hydrogen) atoms. The number of thiocarbonyl (C=S) groups is 1. The molecule has 36 valence electrons. The van der Waals surface area contributed by atoms with E-state index in [9.17, 15) is 0 Å². The summed E-state index contributed by atoms with van der Waals surface area (Å²) in [6, 6.07) is 0. The van der Waals surface area contributed by atoms with E-state index in [1.54, 1.807) is 12.4 Å². The molecule has 1 aliphatic rings. The van der Waals surface area contributed by atoms with Gasteiger partial charge in [0.05, 0.1) is 0 Å². The molecule has 0 saturated heterocycles. The fourth-order valence-corrected chi connectivity index (χ4v) is 0.566. The molecule has 0 amide bonds. The van der Waals surface area contributed by atoms with E-state index in [0.29, 0.717) is 0 Å². The minimum absolute atomic E-state index is 0.888. The standard InChI is InChI=1S/C5H5NS/c7-5-2-1-3-6-4-5/h1,3-4H,2H2. The Bertz CT molecular complexity index is 135. The second-order valence-electron chi connectivity index (χ2n) is 1.33. The summed E-state index contributed by atoms with van der Waals surface area (Å²) >= 11 is 4.81. The van der Waals surface area contributed by atoms with Crippen LogP contribution in [0.1, 0.15) is 6.42 Å². The fraction of sp³-hybridized carbons (Fsp3) is 0.200. The van der Waals surface area contributed by atoms with Crippen LogP contribution in [0, 0.1) is 0 Å². The van der Waals surface area contributed by atoms with Crippen molar-refractivity contribution >= 4 is 23.3 Å². The van der Waals surface area contributed by atoms with Crippen molar-refractivity contribution in [3.05, 3.63) is 12.3 Å². The van der Waals surface area contributed by atoms with Gasteiger partial charge in [0.2, 0.25) is 0 Å². The molecule has 0 bridgehead atoms. The van der Waals surface area contributed by atoms with Crippen LogP contribution in [-0.2, 0) is 0 Å². The van der Waals surface area contributed by atoms with Crippen molar-refractivity contribution in [1.82, 2.24) is 0 Å². The lowest BCUT2D eigenvalue weighted by molar-refractivity contribution is 1.44. The number of nitrogens with zero attached hydrogens (tertiary/aromatic N) is 1. The van der Waals surface area contributed by atoms with Crippen LogP contribution in [0.2, 0.25) is 0 Å². The summed E-state index contributed by atoms with van der Waals surface area (Å²) in [4.78, 5) is 4.73. The van der Waals surface area contributed by atoms with E-state index in [1.807, 2.05) is 6.08 Å². The SMILES string of the molecule is S=C1C=NC=CC1. The lowest BCUT2D eigenvalue weighted by Gasteiger charge is -1.91. The molecule has 0 saturated carbocycles. The van der Waals surface area contributed by atoms with E-state index >= 15 is 0 Å². The van der Waals surface area contributed by atoms with Gasteiger partial charge in [-0.3, -0.25) is 4.99 Å². The van der Waals surface area contributed by atoms with Gasteiger partial charge in [-0.05, 0) is 0 Å². The molecule has 0 aromatic rings. The molecule has 0 fully saturated rings. The summed E-state index contributed by atoms with van der Waals surface area (Å²) < 4.78 is 0. The minimum Gasteiger partial charge on any atom is -0.264 e. The average molecular weight is 111 g/mol. The highest BCUT2D eigenvalue weighted by molar-refractivity contribution is 7.81. The molecule has 0 unspecified atom stereocenters. The van der Waals surface area contributed by atoms with Gasteiger partial charge >= 0.3 is 0 Å². The number of hydrogen-bond donors (Lipinski definition) is 0. The van der Waals surface area contributed by atoms with Gasteiger partial charge in [-0.25, -0.2) is 0 Å². The van der Waals surface area contributed by atoms with Gasteiger partial charge in [-0.1, -0.05) is 18.3 Å². The third-order valence-corrected chi connectivity index (χ3v) is 1.00. The highest BCUT2D eigenvalue weighted by atomic mass is 32.1. The molecule has 1 rings (SSSR count). The Morgan fingerprint density at radius 3 is 2.86 bits per heavy atom. The van der Waals surface area contributed by atoms with Crippen LogP contribution in [-0.4, -0.2) is 11.1 Å². The topological polar surface area (TPSA) is 12.4 Å². The molecule has 2 heteroatoms. The van der Waals surface area contributed by atoms with Gasteiger partial charge in [0.25, 0.3) is 0 Å². The van der Waals surface area contributed by atoms with Gasteiger partial charge in [-0.2, -0.15) is 0 Å². The van der Waals surface area contributed by atoms with E-state index in [4.69, 9.17) is 12.2 Å². The maximum Gasteiger partial charge on any atom is 0.0410 e. The largest absolute Gasteiger partial charge is 0.264 e. The summed E-state index contributed by atoms with van der Waals surface area (Å²) in [7, 11) is 0. The van der Waals surface area contributed by atoms with Crippen molar-refractivity contribution in [3.8, 4) is 0 Å². The second-order valence-corrected chi connectivity index (χ2v) is 1.86. The first-order valence-corrected chi connectivity index (χ1v) is 2.51. The van der Waals surface area contributed by atoms with Crippen LogP contribution in [0.5, 0.6) is 0 Å². The Labute approximate surface area is 47.8 Å². The molecular weight excluding hydrogens is 106 g/mol. The molecule has 0 atom stereocenters. The fourth-order valence-electron chi connectivity index (χ4n) is 0.409. The van der Waals surface area contributed by atoms with E-state index < -0.39 is 0 Å². The molecule has 0 aromatic heterocycles. The minimum atomic E-state index is 0.888. The predicted octanol–water partition coefficient (Wildman–Crippen LogP) is 1.34. The molecule has 0 radical (unpaired) electrons. The van der Waals surface area contributed by atoms with E-state index in [1.165, 1.54) is 0 Å². The number of rotatable bonds is 0. The third kappa shape index (κ3) is 1.20.